The number of ether oxygens (including phenoxy) is 1. The van der Waals surface area contributed by atoms with E-state index >= 15 is 0 Å². The van der Waals surface area contributed by atoms with Crippen LogP contribution in [0.3, 0.4) is 0 Å². The number of aliphatic carboxylic acids is 1. The minimum Gasteiger partial charge on any atom is -0.481 e. The number of carboxylic acids is 1. The van der Waals surface area contributed by atoms with Crippen LogP contribution in [0.2, 0.25) is 0 Å². The largest absolute Gasteiger partial charge is 0.481 e. The number of esters is 1. The van der Waals surface area contributed by atoms with Crippen LogP contribution in [0.4, 0.5) is 4.79 Å². The highest BCUT2D eigenvalue weighted by molar-refractivity contribution is 5.75. The zero-order valence-corrected chi connectivity index (χ0v) is 12.6. The fraction of sp³-hybridized carbons (Fsp3) is 0.786. The molecule has 0 atom stereocenters. The van der Waals surface area contributed by atoms with Crippen LogP contribution >= 0.6 is 0 Å². The molecule has 1 fully saturated rings. The van der Waals surface area contributed by atoms with Gasteiger partial charge in [0, 0.05) is 19.6 Å². The average Bonchev–Trinajstić information content (AvgIpc) is 2.45. The first-order valence-electron chi connectivity index (χ1n) is 7.34. The molecule has 0 heterocycles. The molecule has 0 saturated heterocycles. The second kappa shape index (κ2) is 8.49. The maximum Gasteiger partial charge on any atom is 0.317 e. The van der Waals surface area contributed by atoms with Crippen LogP contribution in [0.15, 0.2) is 0 Å². The average molecular weight is 300 g/mol. The van der Waals surface area contributed by atoms with Crippen molar-refractivity contribution in [1.82, 2.24) is 10.2 Å². The molecule has 2 amide bonds. The fourth-order valence-electron chi connectivity index (χ4n) is 2.38. The second-order valence-electron chi connectivity index (χ2n) is 5.32. The van der Waals surface area contributed by atoms with Crippen LogP contribution in [0.1, 0.15) is 39.0 Å². The molecular weight excluding hydrogens is 276 g/mol. The lowest BCUT2D eigenvalue weighted by Gasteiger charge is -2.29. The SMILES string of the molecule is CCOC(=O)C1CCC(NC(=O)N(C)CCC(=O)O)CC1. The van der Waals surface area contributed by atoms with E-state index in [9.17, 15) is 14.4 Å². The molecule has 0 radical (unpaired) electrons. The van der Waals surface area contributed by atoms with Gasteiger partial charge in [-0.25, -0.2) is 4.79 Å². The number of nitrogens with zero attached hydrogens (tertiary/aromatic N) is 1. The molecule has 0 aromatic rings. The third kappa shape index (κ3) is 6.01. The maximum atomic E-state index is 11.9. The van der Waals surface area contributed by atoms with Gasteiger partial charge in [0.05, 0.1) is 18.9 Å². The second-order valence-corrected chi connectivity index (χ2v) is 5.32. The predicted octanol–water partition coefficient (Wildman–Crippen LogP) is 1.22. The zero-order valence-electron chi connectivity index (χ0n) is 12.6. The summed E-state index contributed by atoms with van der Waals surface area (Å²) in [5.41, 5.74) is 0. The van der Waals surface area contributed by atoms with Crippen molar-refractivity contribution >= 4 is 18.0 Å². The van der Waals surface area contributed by atoms with Crippen LogP contribution in [-0.2, 0) is 14.3 Å². The van der Waals surface area contributed by atoms with Gasteiger partial charge >= 0.3 is 18.0 Å². The topological polar surface area (TPSA) is 95.9 Å². The standard InChI is InChI=1S/C14H24N2O5/c1-3-21-13(19)10-4-6-11(7-5-10)15-14(20)16(2)9-8-12(17)18/h10-11H,3-9H2,1-2H3,(H,15,20)(H,17,18). The Kier molecular flexibility index (Phi) is 6.98. The first-order chi connectivity index (χ1) is 9.93. The fourth-order valence-corrected chi connectivity index (χ4v) is 2.38. The lowest BCUT2D eigenvalue weighted by molar-refractivity contribution is -0.149. The zero-order chi connectivity index (χ0) is 15.8. The molecule has 0 aliphatic heterocycles. The Labute approximate surface area is 124 Å². The third-order valence-corrected chi connectivity index (χ3v) is 3.68. The Hall–Kier alpha value is -1.79. The van der Waals surface area contributed by atoms with Crippen molar-refractivity contribution in [2.24, 2.45) is 5.92 Å². The van der Waals surface area contributed by atoms with Crippen molar-refractivity contribution in [2.45, 2.75) is 45.1 Å². The van der Waals surface area contributed by atoms with Gasteiger partial charge in [0.2, 0.25) is 0 Å². The maximum absolute atomic E-state index is 11.9. The summed E-state index contributed by atoms with van der Waals surface area (Å²) in [6.07, 6.45) is 2.83. The summed E-state index contributed by atoms with van der Waals surface area (Å²) in [4.78, 5) is 35.3. The molecule has 1 rings (SSSR count). The summed E-state index contributed by atoms with van der Waals surface area (Å²) in [7, 11) is 1.57. The van der Waals surface area contributed by atoms with E-state index in [0.717, 1.165) is 12.8 Å². The van der Waals surface area contributed by atoms with Gasteiger partial charge in [-0.3, -0.25) is 9.59 Å². The highest BCUT2D eigenvalue weighted by atomic mass is 16.5. The van der Waals surface area contributed by atoms with Crippen molar-refractivity contribution in [3.8, 4) is 0 Å². The normalized spacial score (nSPS) is 21.4. The minimum absolute atomic E-state index is 0.0375. The van der Waals surface area contributed by atoms with E-state index in [1.807, 2.05) is 0 Å². The van der Waals surface area contributed by atoms with Gasteiger partial charge in [-0.05, 0) is 32.6 Å². The number of carbonyl (C=O) groups excluding carboxylic acids is 2. The van der Waals surface area contributed by atoms with Gasteiger partial charge in [0.1, 0.15) is 0 Å². The number of nitrogens with one attached hydrogen (secondary N) is 1. The predicted molar refractivity (Wildman–Crippen MR) is 75.8 cm³/mol. The molecule has 2 N–H and O–H groups in total. The molecule has 0 spiro atoms. The number of urea groups is 1. The van der Waals surface area contributed by atoms with Crippen molar-refractivity contribution < 1.29 is 24.2 Å². The molecule has 1 aliphatic carbocycles. The molecule has 7 nitrogen and oxygen atoms in total. The van der Waals surface area contributed by atoms with E-state index in [0.29, 0.717) is 19.4 Å². The van der Waals surface area contributed by atoms with Crippen LogP contribution < -0.4 is 5.32 Å². The van der Waals surface area contributed by atoms with E-state index in [4.69, 9.17) is 9.84 Å². The number of rotatable bonds is 6. The van der Waals surface area contributed by atoms with Crippen LogP contribution in [0.25, 0.3) is 0 Å². The molecule has 1 aliphatic rings. The van der Waals surface area contributed by atoms with Gasteiger partial charge in [0.25, 0.3) is 0 Å². The van der Waals surface area contributed by atoms with Crippen LogP contribution in [0.5, 0.6) is 0 Å². The lowest BCUT2D eigenvalue weighted by atomic mass is 9.86. The molecule has 7 heteroatoms. The molecule has 0 unspecified atom stereocenters. The summed E-state index contributed by atoms with van der Waals surface area (Å²) in [6, 6.07) is -0.230. The van der Waals surface area contributed by atoms with Crippen molar-refractivity contribution in [3.63, 3.8) is 0 Å². The molecule has 0 bridgehead atoms. The van der Waals surface area contributed by atoms with Crippen molar-refractivity contribution in [2.75, 3.05) is 20.2 Å². The van der Waals surface area contributed by atoms with E-state index in [1.54, 1.807) is 14.0 Å². The van der Waals surface area contributed by atoms with E-state index in [1.165, 1.54) is 4.90 Å². The quantitative estimate of drug-likeness (QED) is 0.719. The summed E-state index contributed by atoms with van der Waals surface area (Å²) >= 11 is 0. The molecule has 1 saturated carbocycles. The Balaban J connectivity index is 2.30. The van der Waals surface area contributed by atoms with E-state index < -0.39 is 5.97 Å². The summed E-state index contributed by atoms with van der Waals surface area (Å²) in [6.45, 7) is 2.36. The van der Waals surface area contributed by atoms with Crippen LogP contribution in [0, 0.1) is 5.92 Å². The highest BCUT2D eigenvalue weighted by Crippen LogP contribution is 2.25. The van der Waals surface area contributed by atoms with Gasteiger partial charge in [-0.1, -0.05) is 0 Å². The Morgan fingerprint density at radius 3 is 2.38 bits per heavy atom. The highest BCUT2D eigenvalue weighted by Gasteiger charge is 2.28. The number of amides is 2. The van der Waals surface area contributed by atoms with Crippen molar-refractivity contribution in [3.05, 3.63) is 0 Å². The first-order valence-corrected chi connectivity index (χ1v) is 7.34. The van der Waals surface area contributed by atoms with Gasteiger partial charge in [0.15, 0.2) is 0 Å². The lowest BCUT2D eigenvalue weighted by Crippen LogP contribution is -2.45. The summed E-state index contributed by atoms with van der Waals surface area (Å²) in [5, 5.41) is 11.5. The van der Waals surface area contributed by atoms with Gasteiger partial charge in [-0.2, -0.15) is 0 Å². The molecule has 120 valence electrons. The van der Waals surface area contributed by atoms with Gasteiger partial charge < -0.3 is 20.1 Å². The number of carboxylic acid groups (broad SMARTS) is 1. The molecule has 0 aromatic carbocycles. The number of carbonyl (C=O) groups is 3. The van der Waals surface area contributed by atoms with E-state index in [2.05, 4.69) is 5.32 Å². The number of hydrogen-bond donors (Lipinski definition) is 2. The Morgan fingerprint density at radius 2 is 1.86 bits per heavy atom. The third-order valence-electron chi connectivity index (χ3n) is 3.68. The number of hydrogen-bond acceptors (Lipinski definition) is 4. The van der Waals surface area contributed by atoms with Crippen LogP contribution in [-0.4, -0.2) is 54.2 Å². The Morgan fingerprint density at radius 1 is 1.24 bits per heavy atom. The molecule has 21 heavy (non-hydrogen) atoms. The summed E-state index contributed by atoms with van der Waals surface area (Å²) < 4.78 is 5.00. The first kappa shape index (κ1) is 17.3. The van der Waals surface area contributed by atoms with Gasteiger partial charge in [-0.15, -0.1) is 0 Å². The monoisotopic (exact) mass is 300 g/mol. The molecular formula is C14H24N2O5. The minimum atomic E-state index is -0.926. The summed E-state index contributed by atoms with van der Waals surface area (Å²) in [5.74, 6) is -1.15. The Bertz CT molecular complexity index is 378. The van der Waals surface area contributed by atoms with Crippen molar-refractivity contribution in [1.29, 1.82) is 0 Å². The molecule has 0 aromatic heterocycles. The van der Waals surface area contributed by atoms with E-state index in [-0.39, 0.29) is 36.9 Å². The smallest absolute Gasteiger partial charge is 0.317 e.